The average molecular weight is 806 g/mol. The molecule has 3 unspecified atom stereocenters. The molecule has 6 heteroatoms. The van der Waals surface area contributed by atoms with Gasteiger partial charge >= 0.3 is 5.97 Å². The second kappa shape index (κ2) is 44.9. The van der Waals surface area contributed by atoms with Gasteiger partial charge < -0.3 is 20.3 Å². The number of carbonyl (C=O) groups is 2. The highest BCUT2D eigenvalue weighted by Gasteiger charge is 2.24. The number of aliphatic hydroxyl groups excluding tert-OH is 2. The molecule has 0 radical (unpaired) electrons. The van der Waals surface area contributed by atoms with E-state index in [9.17, 15) is 19.8 Å². The Morgan fingerprint density at radius 2 is 0.931 bits per heavy atom. The molecule has 0 bridgehead atoms. The molecule has 3 N–H and O–H groups in total. The summed E-state index contributed by atoms with van der Waals surface area (Å²) in [5.74, 6) is -0.594. The number of hydrogen-bond donors (Lipinski definition) is 3. The minimum Gasteiger partial charge on any atom is -0.462 e. The summed E-state index contributed by atoms with van der Waals surface area (Å²) in [5, 5.41) is 23.6. The van der Waals surface area contributed by atoms with Crippen molar-refractivity contribution in [2.45, 2.75) is 212 Å². The van der Waals surface area contributed by atoms with Gasteiger partial charge in [0.2, 0.25) is 5.91 Å². The van der Waals surface area contributed by atoms with Gasteiger partial charge in [0.15, 0.2) is 0 Å². The van der Waals surface area contributed by atoms with Crippen LogP contribution in [0.25, 0.3) is 0 Å². The first-order valence-electron chi connectivity index (χ1n) is 23.5. The van der Waals surface area contributed by atoms with E-state index in [0.717, 1.165) is 96.3 Å². The molecule has 0 aromatic rings. The fourth-order valence-electron chi connectivity index (χ4n) is 6.42. The van der Waals surface area contributed by atoms with Crippen LogP contribution in [-0.4, -0.2) is 46.9 Å². The Bertz CT molecular complexity index is 1180. The summed E-state index contributed by atoms with van der Waals surface area (Å²) in [6, 6.07) is -0.729. The van der Waals surface area contributed by atoms with Gasteiger partial charge in [0.25, 0.3) is 0 Å². The predicted octanol–water partition coefficient (Wildman–Crippen LogP) is 13.8. The number of ether oxygens (including phenoxy) is 1. The van der Waals surface area contributed by atoms with Crippen LogP contribution in [0.1, 0.15) is 194 Å². The van der Waals surface area contributed by atoms with Gasteiger partial charge in [0.05, 0.1) is 25.2 Å². The van der Waals surface area contributed by atoms with Crippen LogP contribution in [0.5, 0.6) is 0 Å². The summed E-state index contributed by atoms with van der Waals surface area (Å²) in [4.78, 5) is 26.0. The molecule has 0 aromatic heterocycles. The maximum absolute atomic E-state index is 13.1. The van der Waals surface area contributed by atoms with E-state index < -0.39 is 18.2 Å². The number of allylic oxidation sites excluding steroid dienone is 16. The summed E-state index contributed by atoms with van der Waals surface area (Å²) in [5.41, 5.74) is 0. The van der Waals surface area contributed by atoms with Crippen molar-refractivity contribution in [1.29, 1.82) is 0 Å². The van der Waals surface area contributed by atoms with Crippen LogP contribution in [0.15, 0.2) is 97.2 Å². The van der Waals surface area contributed by atoms with Crippen LogP contribution in [0.4, 0.5) is 0 Å². The number of amides is 1. The molecule has 6 nitrogen and oxygen atoms in total. The van der Waals surface area contributed by atoms with Crippen LogP contribution < -0.4 is 5.32 Å². The highest BCUT2D eigenvalue weighted by Crippen LogP contribution is 2.16. The smallest absolute Gasteiger partial charge is 0.306 e. The second-order valence-corrected chi connectivity index (χ2v) is 15.4. The van der Waals surface area contributed by atoms with E-state index in [2.05, 4.69) is 123 Å². The van der Waals surface area contributed by atoms with Crippen molar-refractivity contribution >= 4 is 11.9 Å². The fourth-order valence-corrected chi connectivity index (χ4v) is 6.42. The zero-order valence-electron chi connectivity index (χ0n) is 37.4. The van der Waals surface area contributed by atoms with Crippen LogP contribution in [0.3, 0.4) is 0 Å². The van der Waals surface area contributed by atoms with Gasteiger partial charge in [-0.15, -0.1) is 0 Å². The first-order valence-corrected chi connectivity index (χ1v) is 23.5. The van der Waals surface area contributed by atoms with Gasteiger partial charge in [-0.05, 0) is 96.3 Å². The Labute approximate surface area is 356 Å². The molecule has 58 heavy (non-hydrogen) atoms. The van der Waals surface area contributed by atoms with Gasteiger partial charge in [-0.3, -0.25) is 9.59 Å². The number of rotatable bonds is 40. The number of aliphatic hydroxyl groups is 2. The molecule has 330 valence electrons. The van der Waals surface area contributed by atoms with Gasteiger partial charge in [-0.2, -0.15) is 0 Å². The van der Waals surface area contributed by atoms with Crippen LogP contribution >= 0.6 is 0 Å². The Balaban J connectivity index is 4.75. The topological polar surface area (TPSA) is 95.9 Å². The summed E-state index contributed by atoms with van der Waals surface area (Å²) in [7, 11) is 0. The lowest BCUT2D eigenvalue weighted by Crippen LogP contribution is -2.46. The van der Waals surface area contributed by atoms with Crippen LogP contribution in [0.2, 0.25) is 0 Å². The SMILES string of the molecule is CC/C=C\C/C=C\C/C=C\C/C=C\C/C=C\CCCC(=O)OC(CCCC/C=C/C/C=C/C/C=C/CC)CC(=O)NC(CO)C(O)CCCCCCCCCCCC. The molecule has 3 atom stereocenters. The van der Waals surface area contributed by atoms with Crippen LogP contribution in [0, 0.1) is 0 Å². The number of nitrogens with one attached hydrogen (secondary N) is 1. The largest absolute Gasteiger partial charge is 0.462 e. The van der Waals surface area contributed by atoms with Crippen LogP contribution in [-0.2, 0) is 14.3 Å². The minimum atomic E-state index is -0.811. The van der Waals surface area contributed by atoms with Crippen molar-refractivity contribution in [1.82, 2.24) is 5.32 Å². The molecular formula is C52H87NO5. The molecule has 0 aliphatic heterocycles. The molecule has 0 heterocycles. The van der Waals surface area contributed by atoms with Gasteiger partial charge in [0, 0.05) is 6.42 Å². The molecule has 0 aliphatic rings. The lowest BCUT2D eigenvalue weighted by molar-refractivity contribution is -0.151. The Morgan fingerprint density at radius 3 is 1.40 bits per heavy atom. The predicted molar refractivity (Wildman–Crippen MR) is 250 cm³/mol. The molecule has 1 amide bonds. The highest BCUT2D eigenvalue weighted by atomic mass is 16.5. The molecule has 0 rings (SSSR count). The van der Waals surface area contributed by atoms with E-state index in [-0.39, 0.29) is 24.9 Å². The molecule has 0 aromatic carbocycles. The number of esters is 1. The first-order chi connectivity index (χ1) is 28.5. The molecule has 0 saturated carbocycles. The Kier molecular flexibility index (Phi) is 42.4. The number of unbranched alkanes of at least 4 members (excludes halogenated alkanes) is 12. The van der Waals surface area contributed by atoms with E-state index in [1.54, 1.807) is 0 Å². The first kappa shape index (κ1) is 54.8. The van der Waals surface area contributed by atoms with E-state index in [0.29, 0.717) is 25.7 Å². The molecular weight excluding hydrogens is 719 g/mol. The minimum absolute atomic E-state index is 0.0229. The average Bonchev–Trinajstić information content (AvgIpc) is 3.22. The van der Waals surface area contributed by atoms with Gasteiger partial charge in [0.1, 0.15) is 6.10 Å². The molecule has 0 spiro atoms. The highest BCUT2D eigenvalue weighted by molar-refractivity contribution is 5.77. The summed E-state index contributed by atoms with van der Waals surface area (Å²) < 4.78 is 5.86. The third-order valence-corrected chi connectivity index (χ3v) is 9.91. The molecule has 0 aliphatic carbocycles. The lowest BCUT2D eigenvalue weighted by atomic mass is 10.0. The summed E-state index contributed by atoms with van der Waals surface area (Å²) >= 11 is 0. The van der Waals surface area contributed by atoms with E-state index >= 15 is 0 Å². The standard InChI is InChI=1S/C52H87NO5/c1-4-7-10-13-16-19-22-24-25-26-27-28-30-33-36-39-42-45-52(57)58-48(43-40-37-34-31-29-23-20-17-14-11-8-5-2)46-51(56)53-49(47-54)50(55)44-41-38-35-32-21-18-15-12-9-6-3/h7-8,10-11,16-17,19-20,24-25,27-29,31,33,36,48-50,54-55H,4-6,9,12-15,18,21-23,26,30,32,34-35,37-47H2,1-3H3,(H,53,56)/b10-7-,11-8+,19-16-,20-17+,25-24-,28-27-,31-29+,36-33-. The molecule has 0 fully saturated rings. The fraction of sp³-hybridized carbons (Fsp3) is 0.654. The third kappa shape index (κ3) is 39.6. The van der Waals surface area contributed by atoms with E-state index in [1.807, 2.05) is 0 Å². The van der Waals surface area contributed by atoms with E-state index in [4.69, 9.17) is 4.74 Å². The Morgan fingerprint density at radius 1 is 0.517 bits per heavy atom. The van der Waals surface area contributed by atoms with Crippen molar-refractivity contribution in [3.05, 3.63) is 97.2 Å². The molecule has 0 saturated heterocycles. The van der Waals surface area contributed by atoms with Crippen molar-refractivity contribution in [3.8, 4) is 0 Å². The van der Waals surface area contributed by atoms with Crippen molar-refractivity contribution < 1.29 is 24.5 Å². The van der Waals surface area contributed by atoms with E-state index in [1.165, 1.54) is 44.9 Å². The van der Waals surface area contributed by atoms with Gasteiger partial charge in [-0.25, -0.2) is 0 Å². The number of hydrogen-bond acceptors (Lipinski definition) is 5. The maximum Gasteiger partial charge on any atom is 0.306 e. The summed E-state index contributed by atoms with van der Waals surface area (Å²) in [6.45, 7) is 6.19. The number of carbonyl (C=O) groups excluding carboxylic acids is 2. The quantitative estimate of drug-likeness (QED) is 0.0326. The summed E-state index contributed by atoms with van der Waals surface area (Å²) in [6.07, 6.45) is 59.0. The zero-order valence-corrected chi connectivity index (χ0v) is 37.4. The second-order valence-electron chi connectivity index (χ2n) is 15.4. The Hall–Kier alpha value is -3.22. The van der Waals surface area contributed by atoms with Crippen molar-refractivity contribution in [2.24, 2.45) is 0 Å². The zero-order chi connectivity index (χ0) is 42.4. The van der Waals surface area contributed by atoms with Gasteiger partial charge in [-0.1, -0.05) is 182 Å². The third-order valence-electron chi connectivity index (χ3n) is 9.91. The lowest BCUT2D eigenvalue weighted by Gasteiger charge is -2.24. The normalized spacial score (nSPS) is 14.2. The monoisotopic (exact) mass is 806 g/mol. The van der Waals surface area contributed by atoms with Crippen molar-refractivity contribution in [3.63, 3.8) is 0 Å². The maximum atomic E-state index is 13.1. The van der Waals surface area contributed by atoms with Crippen molar-refractivity contribution in [2.75, 3.05) is 6.61 Å².